The first-order chi connectivity index (χ1) is 20.1. The molecule has 1 fully saturated rings. The van der Waals surface area contributed by atoms with Gasteiger partial charge >= 0.3 is 6.18 Å². The van der Waals surface area contributed by atoms with Crippen molar-refractivity contribution in [2.75, 3.05) is 36.4 Å². The SMILES string of the molecule is CC(C)(C)C(=O)Nc1cccnc1C(=O)N1CCN(c2nc3c(-c4cc(F)c(F)c(F)c4)cc(C(F)(F)F)cc3[nH]2)CC1. The lowest BCUT2D eigenvalue weighted by molar-refractivity contribution is -0.137. The highest BCUT2D eigenvalue weighted by molar-refractivity contribution is 6.03. The minimum atomic E-state index is -4.78. The molecule has 3 heterocycles. The summed E-state index contributed by atoms with van der Waals surface area (Å²) in [7, 11) is 0. The fraction of sp³-hybridized carbons (Fsp3) is 0.310. The first-order valence-electron chi connectivity index (χ1n) is 13.2. The van der Waals surface area contributed by atoms with Crippen LogP contribution in [0.2, 0.25) is 0 Å². The van der Waals surface area contributed by atoms with Crippen molar-refractivity contribution in [1.82, 2.24) is 19.9 Å². The van der Waals surface area contributed by atoms with Crippen LogP contribution in [0, 0.1) is 22.9 Å². The van der Waals surface area contributed by atoms with Crippen LogP contribution < -0.4 is 10.2 Å². The molecule has 2 aromatic carbocycles. The van der Waals surface area contributed by atoms with E-state index in [2.05, 4.69) is 20.3 Å². The number of carbonyl (C=O) groups is 2. The van der Waals surface area contributed by atoms with Gasteiger partial charge in [-0.3, -0.25) is 9.59 Å². The minimum absolute atomic E-state index is 0.000341. The number of fused-ring (bicyclic) bond motifs is 1. The molecule has 0 aliphatic carbocycles. The fourth-order valence-corrected chi connectivity index (χ4v) is 4.61. The summed E-state index contributed by atoms with van der Waals surface area (Å²) < 4.78 is 82.6. The number of amides is 2. The van der Waals surface area contributed by atoms with E-state index in [4.69, 9.17) is 0 Å². The van der Waals surface area contributed by atoms with Gasteiger partial charge in [0, 0.05) is 43.4 Å². The maximum absolute atomic E-state index is 14.0. The molecule has 0 radical (unpaired) electrons. The van der Waals surface area contributed by atoms with Crippen LogP contribution in [0.5, 0.6) is 0 Å². The van der Waals surface area contributed by atoms with E-state index in [0.29, 0.717) is 18.2 Å². The van der Waals surface area contributed by atoms with Gasteiger partial charge < -0.3 is 20.1 Å². The molecule has 0 bridgehead atoms. The molecule has 2 aromatic heterocycles. The number of halogens is 6. The number of benzene rings is 2. The molecule has 1 aliphatic rings. The molecule has 4 aromatic rings. The molecular formula is C29H26F6N6O2. The number of rotatable bonds is 4. The number of H-pyrrole nitrogens is 1. The summed E-state index contributed by atoms with van der Waals surface area (Å²) in [5.74, 6) is -5.36. The third-order valence-corrected chi connectivity index (χ3v) is 7.00. The Morgan fingerprint density at radius 1 is 0.953 bits per heavy atom. The molecular weight excluding hydrogens is 578 g/mol. The molecule has 14 heteroatoms. The lowest BCUT2D eigenvalue weighted by Crippen LogP contribution is -2.49. The quantitative estimate of drug-likeness (QED) is 0.220. The fourth-order valence-electron chi connectivity index (χ4n) is 4.61. The van der Waals surface area contributed by atoms with Gasteiger partial charge in [0.2, 0.25) is 11.9 Å². The van der Waals surface area contributed by atoms with Gasteiger partial charge in [-0.05, 0) is 42.0 Å². The highest BCUT2D eigenvalue weighted by atomic mass is 19.4. The molecule has 2 amide bonds. The van der Waals surface area contributed by atoms with Gasteiger partial charge in [-0.2, -0.15) is 13.2 Å². The van der Waals surface area contributed by atoms with Crippen LogP contribution in [0.1, 0.15) is 36.8 Å². The van der Waals surface area contributed by atoms with Crippen molar-refractivity contribution < 1.29 is 35.9 Å². The number of piperazine rings is 1. The lowest BCUT2D eigenvalue weighted by Gasteiger charge is -2.34. The van der Waals surface area contributed by atoms with Crippen molar-refractivity contribution in [2.45, 2.75) is 26.9 Å². The van der Waals surface area contributed by atoms with E-state index < -0.39 is 40.5 Å². The standard InChI is InChI=1S/C29H26F6N6O2/c1-28(2,3)26(43)37-20-5-4-6-36-24(20)25(42)40-7-9-41(10-8-40)27-38-21-14-16(29(33,34)35)13-17(23(21)39-27)15-11-18(30)22(32)19(31)12-15/h4-6,11-14H,7-10H2,1-3H3,(H,37,43)(H,38,39). The topological polar surface area (TPSA) is 94.2 Å². The van der Waals surface area contributed by atoms with Crippen molar-refractivity contribution in [3.8, 4) is 11.1 Å². The van der Waals surface area contributed by atoms with Crippen molar-refractivity contribution in [3.05, 3.63) is 71.3 Å². The Kier molecular flexibility index (Phi) is 7.57. The van der Waals surface area contributed by atoms with Gasteiger partial charge in [0.1, 0.15) is 0 Å². The number of aromatic nitrogens is 3. The zero-order valence-electron chi connectivity index (χ0n) is 23.2. The molecule has 0 atom stereocenters. The van der Waals surface area contributed by atoms with E-state index in [-0.39, 0.29) is 71.6 Å². The van der Waals surface area contributed by atoms with E-state index in [0.717, 1.165) is 6.07 Å². The molecule has 0 unspecified atom stereocenters. The number of carbonyl (C=O) groups excluding carboxylic acids is 2. The van der Waals surface area contributed by atoms with E-state index in [1.807, 2.05) is 0 Å². The highest BCUT2D eigenvalue weighted by Crippen LogP contribution is 2.38. The summed E-state index contributed by atoms with van der Waals surface area (Å²) in [5, 5.41) is 2.74. The number of imidazole rings is 1. The molecule has 5 rings (SSSR count). The second kappa shape index (κ2) is 10.9. The van der Waals surface area contributed by atoms with Crippen molar-refractivity contribution in [2.24, 2.45) is 5.41 Å². The average Bonchev–Trinajstić information content (AvgIpc) is 3.39. The Bertz CT molecular complexity index is 1700. The Hall–Kier alpha value is -4.62. The zero-order chi connectivity index (χ0) is 31.3. The molecule has 0 saturated carbocycles. The molecule has 226 valence electrons. The summed E-state index contributed by atoms with van der Waals surface area (Å²) in [6.07, 6.45) is -3.34. The van der Waals surface area contributed by atoms with Crippen molar-refractivity contribution in [3.63, 3.8) is 0 Å². The first-order valence-corrected chi connectivity index (χ1v) is 13.2. The third-order valence-electron chi connectivity index (χ3n) is 7.00. The molecule has 0 spiro atoms. The van der Waals surface area contributed by atoms with Crippen LogP contribution in [0.3, 0.4) is 0 Å². The molecule has 2 N–H and O–H groups in total. The Balaban J connectivity index is 1.40. The molecule has 1 aliphatic heterocycles. The van der Waals surface area contributed by atoms with Crippen molar-refractivity contribution >= 4 is 34.5 Å². The third kappa shape index (κ3) is 5.99. The summed E-state index contributed by atoms with van der Waals surface area (Å²) in [6.45, 7) is 6.09. The van der Waals surface area contributed by atoms with Gasteiger partial charge in [0.05, 0.1) is 22.3 Å². The van der Waals surface area contributed by atoms with Crippen LogP contribution in [0.25, 0.3) is 22.2 Å². The number of aromatic amines is 1. The van der Waals surface area contributed by atoms with Crippen LogP contribution in [0.4, 0.5) is 38.0 Å². The zero-order valence-corrected chi connectivity index (χ0v) is 23.2. The number of pyridine rings is 1. The summed E-state index contributed by atoms with van der Waals surface area (Å²) >= 11 is 0. The largest absolute Gasteiger partial charge is 0.416 e. The lowest BCUT2D eigenvalue weighted by atomic mass is 9.95. The molecule has 43 heavy (non-hydrogen) atoms. The first kappa shape index (κ1) is 29.9. The van der Waals surface area contributed by atoms with Gasteiger partial charge in [-0.15, -0.1) is 0 Å². The van der Waals surface area contributed by atoms with Crippen LogP contribution in [-0.4, -0.2) is 57.8 Å². The number of hydrogen-bond donors (Lipinski definition) is 2. The summed E-state index contributed by atoms with van der Waals surface area (Å²) in [6, 6.07) is 5.95. The van der Waals surface area contributed by atoms with E-state index in [9.17, 15) is 35.9 Å². The second-order valence-corrected chi connectivity index (χ2v) is 11.1. The number of anilines is 2. The van der Waals surface area contributed by atoms with Gasteiger partial charge in [0.15, 0.2) is 23.1 Å². The predicted octanol–water partition coefficient (Wildman–Crippen LogP) is 6.01. The Morgan fingerprint density at radius 2 is 1.60 bits per heavy atom. The number of hydrogen-bond acceptors (Lipinski definition) is 5. The summed E-state index contributed by atoms with van der Waals surface area (Å²) in [5.41, 5.74) is -2.04. The van der Waals surface area contributed by atoms with E-state index in [1.54, 1.807) is 37.8 Å². The number of nitrogens with zero attached hydrogens (tertiary/aromatic N) is 4. The van der Waals surface area contributed by atoms with E-state index in [1.165, 1.54) is 11.1 Å². The number of nitrogens with one attached hydrogen (secondary N) is 2. The average molecular weight is 605 g/mol. The number of alkyl halides is 3. The van der Waals surface area contributed by atoms with Crippen LogP contribution >= 0.6 is 0 Å². The normalized spacial score (nSPS) is 14.3. The predicted molar refractivity (Wildman–Crippen MR) is 147 cm³/mol. The second-order valence-electron chi connectivity index (χ2n) is 11.1. The monoisotopic (exact) mass is 604 g/mol. The maximum atomic E-state index is 14.0. The maximum Gasteiger partial charge on any atom is 0.416 e. The Labute approximate surface area is 241 Å². The minimum Gasteiger partial charge on any atom is -0.339 e. The van der Waals surface area contributed by atoms with E-state index >= 15 is 0 Å². The van der Waals surface area contributed by atoms with Gasteiger partial charge in [-0.25, -0.2) is 23.1 Å². The summed E-state index contributed by atoms with van der Waals surface area (Å²) in [4.78, 5) is 40.5. The van der Waals surface area contributed by atoms with Crippen molar-refractivity contribution in [1.29, 1.82) is 0 Å². The van der Waals surface area contributed by atoms with Gasteiger partial charge in [-0.1, -0.05) is 20.8 Å². The van der Waals surface area contributed by atoms with Crippen LogP contribution in [0.15, 0.2) is 42.6 Å². The molecule has 1 saturated heterocycles. The Morgan fingerprint density at radius 3 is 2.21 bits per heavy atom. The van der Waals surface area contributed by atoms with Gasteiger partial charge in [0.25, 0.3) is 5.91 Å². The van der Waals surface area contributed by atoms with Crippen LogP contribution in [-0.2, 0) is 11.0 Å². The highest BCUT2D eigenvalue weighted by Gasteiger charge is 2.33. The smallest absolute Gasteiger partial charge is 0.339 e. The molecule has 8 nitrogen and oxygen atoms in total.